The normalized spacial score (nSPS) is 10.4. The molecule has 27 heavy (non-hydrogen) atoms. The Morgan fingerprint density at radius 3 is 2.63 bits per heavy atom. The summed E-state index contributed by atoms with van der Waals surface area (Å²) in [6, 6.07) is 14.1. The Hall–Kier alpha value is -3.35. The van der Waals surface area contributed by atoms with Gasteiger partial charge in [0.2, 0.25) is 5.82 Å². The molecule has 0 spiro atoms. The molecule has 2 aromatic carbocycles. The molecule has 0 amide bonds. The van der Waals surface area contributed by atoms with Crippen LogP contribution in [-0.2, 0) is 11.3 Å². The van der Waals surface area contributed by atoms with Crippen molar-refractivity contribution in [2.75, 3.05) is 13.7 Å². The van der Waals surface area contributed by atoms with E-state index in [0.717, 1.165) is 6.42 Å². The van der Waals surface area contributed by atoms with Crippen LogP contribution in [0.5, 0.6) is 11.5 Å². The summed E-state index contributed by atoms with van der Waals surface area (Å²) in [6.07, 6.45) is 0.921. The molecule has 7 nitrogen and oxygen atoms in total. The molecule has 1 heterocycles. The van der Waals surface area contributed by atoms with Crippen LogP contribution in [0.25, 0.3) is 11.4 Å². The van der Waals surface area contributed by atoms with E-state index in [1.165, 1.54) is 0 Å². The van der Waals surface area contributed by atoms with E-state index in [2.05, 4.69) is 10.1 Å². The largest absolute Gasteiger partial charge is 0.496 e. The molecule has 0 radical (unpaired) electrons. The lowest BCUT2D eigenvalue weighted by Gasteiger charge is -2.05. The van der Waals surface area contributed by atoms with Crippen molar-refractivity contribution >= 4 is 5.97 Å². The fraction of sp³-hybridized carbons (Fsp3) is 0.250. The highest BCUT2D eigenvalue weighted by molar-refractivity contribution is 5.89. The molecule has 0 bridgehead atoms. The fourth-order valence-electron chi connectivity index (χ4n) is 2.37. The summed E-state index contributed by atoms with van der Waals surface area (Å²) in [5.74, 6) is 1.44. The highest BCUT2D eigenvalue weighted by Crippen LogP contribution is 2.27. The Kier molecular flexibility index (Phi) is 6.04. The summed E-state index contributed by atoms with van der Waals surface area (Å²) < 4.78 is 21.2. The van der Waals surface area contributed by atoms with Gasteiger partial charge in [0.1, 0.15) is 11.5 Å². The van der Waals surface area contributed by atoms with Crippen molar-refractivity contribution in [3.8, 4) is 22.9 Å². The molecule has 0 aliphatic heterocycles. The maximum atomic E-state index is 12.1. The third-order valence-electron chi connectivity index (χ3n) is 3.71. The Balaban J connectivity index is 1.60. The van der Waals surface area contributed by atoms with Gasteiger partial charge in [0, 0.05) is 0 Å². The molecule has 0 aliphatic carbocycles. The van der Waals surface area contributed by atoms with Gasteiger partial charge in [-0.05, 0) is 42.8 Å². The van der Waals surface area contributed by atoms with Crippen LogP contribution < -0.4 is 9.47 Å². The number of carbonyl (C=O) groups excluding carboxylic acids is 1. The molecule has 0 N–H and O–H groups in total. The van der Waals surface area contributed by atoms with Crippen LogP contribution in [0.4, 0.5) is 0 Å². The van der Waals surface area contributed by atoms with E-state index in [4.69, 9.17) is 18.7 Å². The van der Waals surface area contributed by atoms with E-state index in [1.54, 1.807) is 37.4 Å². The molecular weight excluding hydrogens is 348 g/mol. The maximum absolute atomic E-state index is 12.1. The van der Waals surface area contributed by atoms with E-state index >= 15 is 0 Å². The zero-order chi connectivity index (χ0) is 19.1. The number of hydrogen-bond acceptors (Lipinski definition) is 7. The summed E-state index contributed by atoms with van der Waals surface area (Å²) in [4.78, 5) is 16.4. The molecule has 0 saturated heterocycles. The first-order valence-corrected chi connectivity index (χ1v) is 8.57. The second-order valence-electron chi connectivity index (χ2n) is 5.66. The summed E-state index contributed by atoms with van der Waals surface area (Å²) in [5, 5.41) is 3.91. The number of aromatic nitrogens is 2. The van der Waals surface area contributed by atoms with Crippen molar-refractivity contribution < 1.29 is 23.5 Å². The van der Waals surface area contributed by atoms with Crippen molar-refractivity contribution in [3.63, 3.8) is 0 Å². The van der Waals surface area contributed by atoms with E-state index in [9.17, 15) is 4.79 Å². The molecule has 0 unspecified atom stereocenters. The average molecular weight is 368 g/mol. The molecule has 0 fully saturated rings. The molecule has 0 saturated carbocycles. The second-order valence-corrected chi connectivity index (χ2v) is 5.66. The van der Waals surface area contributed by atoms with Crippen LogP contribution >= 0.6 is 0 Å². The van der Waals surface area contributed by atoms with Gasteiger partial charge in [-0.3, -0.25) is 0 Å². The number of nitrogens with zero attached hydrogens (tertiary/aromatic N) is 2. The molecule has 0 aliphatic rings. The molecule has 1 aromatic heterocycles. The SMILES string of the molecule is CCCOc1ccc(C(=O)OCc2nc(-c3ccccc3OC)no2)cc1. The lowest BCUT2D eigenvalue weighted by atomic mass is 10.2. The Labute approximate surface area is 156 Å². The third kappa shape index (κ3) is 4.63. The minimum atomic E-state index is -0.478. The number of rotatable bonds is 8. The monoisotopic (exact) mass is 368 g/mol. The van der Waals surface area contributed by atoms with Crippen molar-refractivity contribution in [2.24, 2.45) is 0 Å². The van der Waals surface area contributed by atoms with E-state index in [0.29, 0.717) is 35.1 Å². The highest BCUT2D eigenvalue weighted by Gasteiger charge is 2.15. The number of carbonyl (C=O) groups is 1. The molecule has 140 valence electrons. The summed E-state index contributed by atoms with van der Waals surface area (Å²) in [7, 11) is 1.57. The van der Waals surface area contributed by atoms with Gasteiger partial charge in [-0.2, -0.15) is 4.98 Å². The first-order chi connectivity index (χ1) is 13.2. The van der Waals surface area contributed by atoms with Gasteiger partial charge in [-0.1, -0.05) is 24.2 Å². The summed E-state index contributed by atoms with van der Waals surface area (Å²) >= 11 is 0. The maximum Gasteiger partial charge on any atom is 0.338 e. The van der Waals surface area contributed by atoms with Gasteiger partial charge in [0.05, 0.1) is 24.8 Å². The number of hydrogen-bond donors (Lipinski definition) is 0. The molecule has 3 rings (SSSR count). The zero-order valence-electron chi connectivity index (χ0n) is 15.2. The van der Waals surface area contributed by atoms with Crippen LogP contribution in [0.2, 0.25) is 0 Å². The minimum Gasteiger partial charge on any atom is -0.496 e. The highest BCUT2D eigenvalue weighted by atomic mass is 16.6. The number of esters is 1. The predicted molar refractivity (Wildman–Crippen MR) is 97.6 cm³/mol. The van der Waals surface area contributed by atoms with E-state index in [1.807, 2.05) is 25.1 Å². The average Bonchev–Trinajstić information content (AvgIpc) is 3.19. The number of methoxy groups -OCH3 is 1. The second kappa shape index (κ2) is 8.84. The third-order valence-corrected chi connectivity index (χ3v) is 3.71. The Bertz CT molecular complexity index is 889. The Morgan fingerprint density at radius 2 is 1.89 bits per heavy atom. The quantitative estimate of drug-likeness (QED) is 0.558. The van der Waals surface area contributed by atoms with Gasteiger partial charge < -0.3 is 18.7 Å². The van der Waals surface area contributed by atoms with Gasteiger partial charge >= 0.3 is 5.97 Å². The lowest BCUT2D eigenvalue weighted by molar-refractivity contribution is 0.0430. The minimum absolute atomic E-state index is 0.116. The molecular formula is C20H20N2O5. The fourth-order valence-corrected chi connectivity index (χ4v) is 2.37. The first kappa shape index (κ1) is 18.4. The van der Waals surface area contributed by atoms with Crippen LogP contribution in [0.3, 0.4) is 0 Å². The number of ether oxygens (including phenoxy) is 3. The van der Waals surface area contributed by atoms with Crippen molar-refractivity contribution in [3.05, 3.63) is 60.0 Å². The summed E-state index contributed by atoms with van der Waals surface area (Å²) in [6.45, 7) is 2.55. The van der Waals surface area contributed by atoms with Gasteiger partial charge in [0.15, 0.2) is 6.61 Å². The van der Waals surface area contributed by atoms with Crippen LogP contribution in [0.1, 0.15) is 29.6 Å². The summed E-state index contributed by atoms with van der Waals surface area (Å²) in [5.41, 5.74) is 1.12. The van der Waals surface area contributed by atoms with Crippen molar-refractivity contribution in [1.29, 1.82) is 0 Å². The lowest BCUT2D eigenvalue weighted by Crippen LogP contribution is -2.05. The van der Waals surface area contributed by atoms with Crippen LogP contribution in [-0.4, -0.2) is 29.8 Å². The van der Waals surface area contributed by atoms with E-state index < -0.39 is 5.97 Å². The molecule has 0 atom stereocenters. The van der Waals surface area contributed by atoms with Gasteiger partial charge in [0.25, 0.3) is 5.89 Å². The number of para-hydroxylation sites is 1. The standard InChI is InChI=1S/C20H20N2O5/c1-3-12-25-15-10-8-14(9-11-15)20(23)26-13-18-21-19(22-27-18)16-6-4-5-7-17(16)24-2/h4-11H,3,12-13H2,1-2H3. The zero-order valence-corrected chi connectivity index (χ0v) is 15.2. The molecule has 7 heteroatoms. The topological polar surface area (TPSA) is 83.7 Å². The van der Waals surface area contributed by atoms with Gasteiger partial charge in [-0.25, -0.2) is 4.79 Å². The van der Waals surface area contributed by atoms with Crippen molar-refractivity contribution in [2.45, 2.75) is 20.0 Å². The van der Waals surface area contributed by atoms with Crippen LogP contribution in [0, 0.1) is 0 Å². The van der Waals surface area contributed by atoms with Gasteiger partial charge in [-0.15, -0.1) is 0 Å². The smallest absolute Gasteiger partial charge is 0.338 e. The first-order valence-electron chi connectivity index (χ1n) is 8.57. The van der Waals surface area contributed by atoms with Crippen LogP contribution in [0.15, 0.2) is 53.1 Å². The molecule has 3 aromatic rings. The Morgan fingerprint density at radius 1 is 1.11 bits per heavy atom. The van der Waals surface area contributed by atoms with Crippen molar-refractivity contribution in [1.82, 2.24) is 10.1 Å². The number of benzene rings is 2. The van der Waals surface area contributed by atoms with E-state index in [-0.39, 0.29) is 12.5 Å². The predicted octanol–water partition coefficient (Wildman–Crippen LogP) is 3.89.